The Balaban J connectivity index is 1.84. The summed E-state index contributed by atoms with van der Waals surface area (Å²) in [6.07, 6.45) is 2.24. The fraction of sp³-hybridized carbons (Fsp3) is 0.357. The number of hydrogen-bond donors (Lipinski definition) is 2. The summed E-state index contributed by atoms with van der Waals surface area (Å²) in [6.45, 7) is 2.10. The zero-order valence-electron chi connectivity index (χ0n) is 10.1. The van der Waals surface area contributed by atoms with Crippen LogP contribution in [0.25, 0.3) is 11.3 Å². The van der Waals surface area contributed by atoms with E-state index in [1.165, 1.54) is 12.1 Å². The van der Waals surface area contributed by atoms with Crippen molar-refractivity contribution in [1.29, 1.82) is 0 Å². The number of aromatic amines is 1. The number of piperidine rings is 1. The number of hydrogen-bond acceptors (Lipinski definition) is 2. The Morgan fingerprint density at radius 2 is 2.00 bits per heavy atom. The smallest absolute Gasteiger partial charge is 0.123 e. The van der Waals surface area contributed by atoms with Crippen molar-refractivity contribution >= 4 is 0 Å². The molecule has 1 saturated heterocycles. The molecular formula is C14H16FN3. The zero-order chi connectivity index (χ0) is 12.4. The molecule has 2 N–H and O–H groups in total. The highest BCUT2D eigenvalue weighted by Crippen LogP contribution is 2.27. The van der Waals surface area contributed by atoms with E-state index in [2.05, 4.69) is 15.5 Å². The van der Waals surface area contributed by atoms with Crippen LogP contribution in [0.4, 0.5) is 4.39 Å². The first kappa shape index (κ1) is 11.4. The molecule has 1 fully saturated rings. The maximum atomic E-state index is 13.2. The first-order chi connectivity index (χ1) is 8.83. The second-order valence-electron chi connectivity index (χ2n) is 4.74. The van der Waals surface area contributed by atoms with Gasteiger partial charge in [0.25, 0.3) is 0 Å². The number of rotatable bonds is 2. The molecule has 1 aromatic heterocycles. The SMILES string of the molecule is Fc1cccc(-c2cc(C3CCNCC3)n[nH]2)c1. The van der Waals surface area contributed by atoms with Crippen LogP contribution in [0.2, 0.25) is 0 Å². The predicted molar refractivity (Wildman–Crippen MR) is 68.8 cm³/mol. The third-order valence-electron chi connectivity index (χ3n) is 3.49. The number of halogens is 1. The van der Waals surface area contributed by atoms with Crippen LogP contribution in [0.1, 0.15) is 24.5 Å². The monoisotopic (exact) mass is 245 g/mol. The molecule has 2 aromatic rings. The Hall–Kier alpha value is -1.68. The van der Waals surface area contributed by atoms with Crippen LogP contribution >= 0.6 is 0 Å². The van der Waals surface area contributed by atoms with Crippen LogP contribution in [0.3, 0.4) is 0 Å². The van der Waals surface area contributed by atoms with Crippen LogP contribution in [-0.2, 0) is 0 Å². The van der Waals surface area contributed by atoms with Gasteiger partial charge in [0.15, 0.2) is 0 Å². The minimum atomic E-state index is -0.217. The van der Waals surface area contributed by atoms with Crippen LogP contribution in [0, 0.1) is 5.82 Å². The molecule has 0 radical (unpaired) electrons. The Morgan fingerprint density at radius 3 is 2.78 bits per heavy atom. The van der Waals surface area contributed by atoms with Gasteiger partial charge in [-0.25, -0.2) is 4.39 Å². The molecule has 4 heteroatoms. The van der Waals surface area contributed by atoms with E-state index in [9.17, 15) is 4.39 Å². The Bertz CT molecular complexity index is 529. The quantitative estimate of drug-likeness (QED) is 0.854. The standard InChI is InChI=1S/C14H16FN3/c15-12-3-1-2-11(8-12)14-9-13(17-18-14)10-4-6-16-7-5-10/h1-3,8-10,16H,4-7H2,(H,17,18). The maximum Gasteiger partial charge on any atom is 0.123 e. The molecule has 1 aliphatic heterocycles. The first-order valence-corrected chi connectivity index (χ1v) is 6.35. The fourth-order valence-electron chi connectivity index (χ4n) is 2.47. The Kier molecular flexibility index (Phi) is 3.11. The maximum absolute atomic E-state index is 13.2. The van der Waals surface area contributed by atoms with E-state index in [4.69, 9.17) is 0 Å². The van der Waals surface area contributed by atoms with Crippen molar-refractivity contribution in [3.8, 4) is 11.3 Å². The van der Waals surface area contributed by atoms with E-state index in [0.717, 1.165) is 42.9 Å². The average molecular weight is 245 g/mol. The van der Waals surface area contributed by atoms with E-state index in [-0.39, 0.29) is 5.82 Å². The fourth-order valence-corrected chi connectivity index (χ4v) is 2.47. The van der Waals surface area contributed by atoms with Gasteiger partial charge in [-0.1, -0.05) is 12.1 Å². The summed E-state index contributed by atoms with van der Waals surface area (Å²) in [6, 6.07) is 8.64. The van der Waals surface area contributed by atoms with Crippen LogP contribution in [0.15, 0.2) is 30.3 Å². The van der Waals surface area contributed by atoms with Gasteiger partial charge in [-0.3, -0.25) is 5.10 Å². The molecule has 1 aliphatic rings. The van der Waals surface area contributed by atoms with Gasteiger partial charge in [0.1, 0.15) is 5.82 Å². The highest BCUT2D eigenvalue weighted by molar-refractivity contribution is 5.59. The molecular weight excluding hydrogens is 229 g/mol. The minimum absolute atomic E-state index is 0.217. The summed E-state index contributed by atoms with van der Waals surface area (Å²) in [7, 11) is 0. The summed E-state index contributed by atoms with van der Waals surface area (Å²) in [5, 5.41) is 10.7. The number of nitrogens with zero attached hydrogens (tertiary/aromatic N) is 1. The van der Waals surface area contributed by atoms with Crippen molar-refractivity contribution in [1.82, 2.24) is 15.5 Å². The molecule has 3 rings (SSSR count). The lowest BCUT2D eigenvalue weighted by molar-refractivity contribution is 0.453. The van der Waals surface area contributed by atoms with Gasteiger partial charge in [0.05, 0.1) is 11.4 Å². The molecule has 0 unspecified atom stereocenters. The normalized spacial score (nSPS) is 16.9. The molecule has 0 aliphatic carbocycles. The van der Waals surface area contributed by atoms with Crippen LogP contribution < -0.4 is 5.32 Å². The Labute approximate surface area is 105 Å². The Morgan fingerprint density at radius 1 is 1.17 bits per heavy atom. The molecule has 0 spiro atoms. The molecule has 0 bridgehead atoms. The summed E-state index contributed by atoms with van der Waals surface area (Å²) < 4.78 is 13.2. The third kappa shape index (κ3) is 2.29. The van der Waals surface area contributed by atoms with E-state index in [1.807, 2.05) is 12.1 Å². The number of H-pyrrole nitrogens is 1. The molecule has 1 aromatic carbocycles. The van der Waals surface area contributed by atoms with Crippen LogP contribution in [0.5, 0.6) is 0 Å². The lowest BCUT2D eigenvalue weighted by atomic mass is 9.94. The number of nitrogens with one attached hydrogen (secondary N) is 2. The van der Waals surface area contributed by atoms with Crippen molar-refractivity contribution in [3.05, 3.63) is 41.8 Å². The van der Waals surface area contributed by atoms with Crippen molar-refractivity contribution in [3.63, 3.8) is 0 Å². The van der Waals surface area contributed by atoms with Crippen molar-refractivity contribution in [2.75, 3.05) is 13.1 Å². The van der Waals surface area contributed by atoms with Gasteiger partial charge in [-0.05, 0) is 44.1 Å². The highest BCUT2D eigenvalue weighted by Gasteiger charge is 2.18. The molecule has 18 heavy (non-hydrogen) atoms. The summed E-state index contributed by atoms with van der Waals surface area (Å²) in [5.41, 5.74) is 2.83. The number of aromatic nitrogens is 2. The lowest BCUT2D eigenvalue weighted by Gasteiger charge is -2.20. The number of benzene rings is 1. The summed E-state index contributed by atoms with van der Waals surface area (Å²) in [4.78, 5) is 0. The third-order valence-corrected chi connectivity index (χ3v) is 3.49. The largest absolute Gasteiger partial charge is 0.317 e. The molecule has 3 nitrogen and oxygen atoms in total. The van der Waals surface area contributed by atoms with Crippen molar-refractivity contribution in [2.24, 2.45) is 0 Å². The second-order valence-corrected chi connectivity index (χ2v) is 4.74. The predicted octanol–water partition coefficient (Wildman–Crippen LogP) is 2.68. The van der Waals surface area contributed by atoms with E-state index >= 15 is 0 Å². The van der Waals surface area contributed by atoms with E-state index < -0.39 is 0 Å². The van der Waals surface area contributed by atoms with Gasteiger partial charge in [0, 0.05) is 11.5 Å². The van der Waals surface area contributed by atoms with Crippen molar-refractivity contribution < 1.29 is 4.39 Å². The molecule has 0 amide bonds. The van der Waals surface area contributed by atoms with Gasteiger partial charge >= 0.3 is 0 Å². The van der Waals surface area contributed by atoms with Gasteiger partial charge in [-0.15, -0.1) is 0 Å². The molecule has 2 heterocycles. The van der Waals surface area contributed by atoms with Gasteiger partial charge in [0.2, 0.25) is 0 Å². The van der Waals surface area contributed by atoms with Crippen LogP contribution in [-0.4, -0.2) is 23.3 Å². The molecule has 0 saturated carbocycles. The molecule has 0 atom stereocenters. The average Bonchev–Trinajstić information content (AvgIpc) is 2.89. The topological polar surface area (TPSA) is 40.7 Å². The van der Waals surface area contributed by atoms with Gasteiger partial charge in [-0.2, -0.15) is 5.10 Å². The first-order valence-electron chi connectivity index (χ1n) is 6.35. The minimum Gasteiger partial charge on any atom is -0.317 e. The van der Waals surface area contributed by atoms with E-state index in [0.29, 0.717) is 5.92 Å². The summed E-state index contributed by atoms with van der Waals surface area (Å²) >= 11 is 0. The van der Waals surface area contributed by atoms with E-state index in [1.54, 1.807) is 6.07 Å². The second kappa shape index (κ2) is 4.90. The molecule has 94 valence electrons. The van der Waals surface area contributed by atoms with Gasteiger partial charge < -0.3 is 5.32 Å². The summed E-state index contributed by atoms with van der Waals surface area (Å²) in [5.74, 6) is 0.301. The highest BCUT2D eigenvalue weighted by atomic mass is 19.1. The van der Waals surface area contributed by atoms with Crippen molar-refractivity contribution in [2.45, 2.75) is 18.8 Å². The lowest BCUT2D eigenvalue weighted by Crippen LogP contribution is -2.26. The zero-order valence-corrected chi connectivity index (χ0v) is 10.1.